The second-order valence-corrected chi connectivity index (χ2v) is 3.05. The summed E-state index contributed by atoms with van der Waals surface area (Å²) in [6.45, 7) is 0. The molecule has 3 heteroatoms. The predicted octanol–water partition coefficient (Wildman–Crippen LogP) is 0.817. The largest absolute Gasteiger partial charge is 0.384 e. The molecule has 13 heavy (non-hydrogen) atoms. The van der Waals surface area contributed by atoms with Crippen molar-refractivity contribution in [2.75, 3.05) is 0 Å². The van der Waals surface area contributed by atoms with E-state index >= 15 is 0 Å². The van der Waals surface area contributed by atoms with Gasteiger partial charge >= 0.3 is 0 Å². The van der Waals surface area contributed by atoms with Gasteiger partial charge in [-0.25, -0.2) is 0 Å². The minimum Gasteiger partial charge on any atom is -0.384 e. The number of Topliss-reactive ketones (excluding diaryl/α,β-unsaturated/α-hetero) is 2. The number of rotatable bonds is 0. The SMILES string of the molecule is O=C1CC(O)C(=O)c2ccccc21. The van der Waals surface area contributed by atoms with Crippen LogP contribution < -0.4 is 0 Å². The molecule has 1 aromatic rings. The van der Waals surface area contributed by atoms with Crippen LogP contribution in [0.2, 0.25) is 0 Å². The Hall–Kier alpha value is -1.48. The molecule has 0 radical (unpaired) electrons. The van der Waals surface area contributed by atoms with Gasteiger partial charge < -0.3 is 5.11 Å². The first-order chi connectivity index (χ1) is 6.20. The fourth-order valence-electron chi connectivity index (χ4n) is 1.50. The fourth-order valence-corrected chi connectivity index (χ4v) is 1.50. The number of aliphatic hydroxyl groups is 1. The lowest BCUT2D eigenvalue weighted by Gasteiger charge is -2.17. The van der Waals surface area contributed by atoms with Crippen LogP contribution in [0.1, 0.15) is 27.1 Å². The summed E-state index contributed by atoms with van der Waals surface area (Å²) in [7, 11) is 0. The van der Waals surface area contributed by atoms with Gasteiger partial charge in [0, 0.05) is 17.5 Å². The molecule has 0 spiro atoms. The number of hydrogen-bond acceptors (Lipinski definition) is 3. The third kappa shape index (κ3) is 1.17. The summed E-state index contributed by atoms with van der Waals surface area (Å²) in [6, 6.07) is 6.57. The van der Waals surface area contributed by atoms with Gasteiger partial charge in [-0.3, -0.25) is 9.59 Å². The Bertz CT molecular complexity index is 382. The number of aliphatic hydroxyl groups excluding tert-OH is 1. The first kappa shape index (κ1) is 8.13. The molecule has 1 atom stereocenters. The molecular formula is C10H8O3. The molecule has 0 bridgehead atoms. The summed E-state index contributed by atoms with van der Waals surface area (Å²) in [5.41, 5.74) is 0.768. The zero-order valence-electron chi connectivity index (χ0n) is 6.86. The summed E-state index contributed by atoms with van der Waals surface area (Å²) < 4.78 is 0. The third-order valence-corrected chi connectivity index (χ3v) is 2.17. The lowest BCUT2D eigenvalue weighted by molar-refractivity contribution is 0.0653. The van der Waals surface area contributed by atoms with Crippen LogP contribution in [-0.2, 0) is 0 Å². The van der Waals surface area contributed by atoms with Crippen LogP contribution in [0, 0.1) is 0 Å². The normalized spacial score (nSPS) is 21.5. The highest BCUT2D eigenvalue weighted by molar-refractivity contribution is 6.15. The van der Waals surface area contributed by atoms with E-state index in [2.05, 4.69) is 0 Å². The molecule has 2 rings (SSSR count). The van der Waals surface area contributed by atoms with Crippen molar-refractivity contribution in [3.05, 3.63) is 35.4 Å². The molecule has 0 saturated heterocycles. The molecule has 1 aromatic carbocycles. The van der Waals surface area contributed by atoms with Crippen molar-refractivity contribution < 1.29 is 14.7 Å². The van der Waals surface area contributed by atoms with Crippen LogP contribution in [0.3, 0.4) is 0 Å². The zero-order chi connectivity index (χ0) is 9.42. The summed E-state index contributed by atoms with van der Waals surface area (Å²) in [4.78, 5) is 22.7. The first-order valence-electron chi connectivity index (χ1n) is 4.04. The van der Waals surface area contributed by atoms with Crippen molar-refractivity contribution in [2.45, 2.75) is 12.5 Å². The Morgan fingerprint density at radius 1 is 1.15 bits per heavy atom. The van der Waals surface area contributed by atoms with E-state index in [0.717, 1.165) is 0 Å². The van der Waals surface area contributed by atoms with Gasteiger partial charge in [0.15, 0.2) is 11.6 Å². The van der Waals surface area contributed by atoms with E-state index in [9.17, 15) is 14.7 Å². The van der Waals surface area contributed by atoms with Crippen LogP contribution in [0.5, 0.6) is 0 Å². The van der Waals surface area contributed by atoms with Crippen LogP contribution in [-0.4, -0.2) is 22.8 Å². The van der Waals surface area contributed by atoms with Crippen molar-refractivity contribution in [1.82, 2.24) is 0 Å². The van der Waals surface area contributed by atoms with Crippen LogP contribution in [0.25, 0.3) is 0 Å². The third-order valence-electron chi connectivity index (χ3n) is 2.17. The molecule has 0 fully saturated rings. The number of hydrogen-bond donors (Lipinski definition) is 1. The van der Waals surface area contributed by atoms with Gasteiger partial charge in [-0.05, 0) is 0 Å². The second kappa shape index (κ2) is 2.78. The van der Waals surface area contributed by atoms with Gasteiger partial charge in [0.05, 0.1) is 0 Å². The van der Waals surface area contributed by atoms with Gasteiger partial charge in [0.25, 0.3) is 0 Å². The molecular weight excluding hydrogens is 168 g/mol. The minimum absolute atomic E-state index is 0.0875. The number of carbonyl (C=O) groups is 2. The zero-order valence-corrected chi connectivity index (χ0v) is 6.86. The van der Waals surface area contributed by atoms with E-state index in [1.54, 1.807) is 24.3 Å². The highest BCUT2D eigenvalue weighted by Crippen LogP contribution is 2.20. The maximum Gasteiger partial charge on any atom is 0.192 e. The Morgan fingerprint density at radius 2 is 1.77 bits per heavy atom. The van der Waals surface area contributed by atoms with Crippen molar-refractivity contribution in [2.24, 2.45) is 0 Å². The van der Waals surface area contributed by atoms with Gasteiger partial charge in [0.1, 0.15) is 6.10 Å². The molecule has 1 aliphatic carbocycles. The van der Waals surface area contributed by atoms with Crippen LogP contribution in [0.4, 0.5) is 0 Å². The van der Waals surface area contributed by atoms with Gasteiger partial charge in [-0.15, -0.1) is 0 Å². The topological polar surface area (TPSA) is 54.4 Å². The Labute approximate surface area is 75.0 Å². The maximum atomic E-state index is 11.4. The smallest absolute Gasteiger partial charge is 0.192 e. The summed E-state index contributed by atoms with van der Waals surface area (Å²) in [5, 5.41) is 9.22. The second-order valence-electron chi connectivity index (χ2n) is 3.05. The standard InChI is InChI=1S/C10H8O3/c11-8-5-9(12)10(13)7-4-2-1-3-6(7)8/h1-4,9,12H,5H2. The Morgan fingerprint density at radius 3 is 2.46 bits per heavy atom. The van der Waals surface area contributed by atoms with Crippen molar-refractivity contribution in [1.29, 1.82) is 0 Å². The van der Waals surface area contributed by atoms with Crippen molar-refractivity contribution >= 4 is 11.6 Å². The quantitative estimate of drug-likeness (QED) is 0.636. The molecule has 1 unspecified atom stereocenters. The Balaban J connectivity index is 2.60. The summed E-state index contributed by atoms with van der Waals surface area (Å²) >= 11 is 0. The molecule has 0 saturated carbocycles. The molecule has 0 aromatic heterocycles. The molecule has 66 valence electrons. The predicted molar refractivity (Wildman–Crippen MR) is 45.7 cm³/mol. The first-order valence-corrected chi connectivity index (χ1v) is 4.04. The van der Waals surface area contributed by atoms with Crippen LogP contribution in [0.15, 0.2) is 24.3 Å². The summed E-state index contributed by atoms with van der Waals surface area (Å²) in [6.07, 6.45) is -1.24. The van der Waals surface area contributed by atoms with E-state index in [0.29, 0.717) is 11.1 Å². The molecule has 1 N–H and O–H groups in total. The number of fused-ring (bicyclic) bond motifs is 1. The average Bonchev–Trinajstić information content (AvgIpc) is 2.15. The lowest BCUT2D eigenvalue weighted by atomic mass is 9.88. The van der Waals surface area contributed by atoms with E-state index in [4.69, 9.17) is 0 Å². The minimum atomic E-state index is -1.15. The molecule has 1 aliphatic rings. The maximum absolute atomic E-state index is 11.4. The summed E-state index contributed by atoms with van der Waals surface area (Å²) in [5.74, 6) is -0.516. The van der Waals surface area contributed by atoms with Gasteiger partial charge in [0.2, 0.25) is 0 Å². The number of benzene rings is 1. The molecule has 0 aliphatic heterocycles. The lowest BCUT2D eigenvalue weighted by Crippen LogP contribution is -2.30. The van der Waals surface area contributed by atoms with Crippen LogP contribution >= 0.6 is 0 Å². The monoisotopic (exact) mass is 176 g/mol. The van der Waals surface area contributed by atoms with E-state index in [1.165, 1.54) is 0 Å². The average molecular weight is 176 g/mol. The molecule has 0 heterocycles. The van der Waals surface area contributed by atoms with Gasteiger partial charge in [-0.2, -0.15) is 0 Å². The molecule has 3 nitrogen and oxygen atoms in total. The number of ketones is 2. The number of carbonyl (C=O) groups excluding carboxylic acids is 2. The van der Waals surface area contributed by atoms with E-state index < -0.39 is 6.10 Å². The van der Waals surface area contributed by atoms with Crippen molar-refractivity contribution in [3.63, 3.8) is 0 Å². The highest BCUT2D eigenvalue weighted by Gasteiger charge is 2.30. The van der Waals surface area contributed by atoms with E-state index in [-0.39, 0.29) is 18.0 Å². The van der Waals surface area contributed by atoms with E-state index in [1.807, 2.05) is 0 Å². The fraction of sp³-hybridized carbons (Fsp3) is 0.200. The highest BCUT2D eigenvalue weighted by atomic mass is 16.3. The van der Waals surface area contributed by atoms with Gasteiger partial charge in [-0.1, -0.05) is 24.3 Å². The van der Waals surface area contributed by atoms with Crippen molar-refractivity contribution in [3.8, 4) is 0 Å². The Kier molecular flexibility index (Phi) is 1.74. The molecule has 0 amide bonds.